The van der Waals surface area contributed by atoms with Crippen LogP contribution in [0.25, 0.3) is 10.9 Å². The molecule has 0 aliphatic carbocycles. The zero-order valence-electron chi connectivity index (χ0n) is 15.6. The number of aliphatic imine (C=N–C) groups is 1. The molecule has 0 fully saturated rings. The number of nitrogens with zero attached hydrogens (tertiary/aromatic N) is 2. The molecule has 0 radical (unpaired) electrons. The van der Waals surface area contributed by atoms with Crippen molar-refractivity contribution in [3.05, 3.63) is 59.3 Å². The fraction of sp³-hybridized carbons (Fsp3) is 0.364. The summed E-state index contributed by atoms with van der Waals surface area (Å²) in [6.07, 6.45) is 9.26. The van der Waals surface area contributed by atoms with Crippen LogP contribution < -0.4 is 0 Å². The highest BCUT2D eigenvalue weighted by Crippen LogP contribution is 2.25. The molecule has 3 rings (SSSR count). The van der Waals surface area contributed by atoms with E-state index in [1.54, 1.807) is 12.1 Å². The molecule has 4 heteroatoms. The third kappa shape index (κ3) is 3.79. The predicted octanol–water partition coefficient (Wildman–Crippen LogP) is 4.96. The van der Waals surface area contributed by atoms with E-state index in [1.807, 2.05) is 24.5 Å². The molecule has 1 aromatic carbocycles. The van der Waals surface area contributed by atoms with Gasteiger partial charge in [0.2, 0.25) is 0 Å². The number of carboxylic acids is 1. The first-order chi connectivity index (χ1) is 12.5. The summed E-state index contributed by atoms with van der Waals surface area (Å²) >= 11 is 0. The highest BCUT2D eigenvalue weighted by atomic mass is 16.4. The Hall–Kier alpha value is -2.62. The van der Waals surface area contributed by atoms with Crippen molar-refractivity contribution in [3.8, 4) is 0 Å². The summed E-state index contributed by atoms with van der Waals surface area (Å²) in [4.78, 5) is 15.9. The van der Waals surface area contributed by atoms with E-state index >= 15 is 0 Å². The second-order valence-electron chi connectivity index (χ2n) is 7.28. The van der Waals surface area contributed by atoms with Crippen LogP contribution in [0, 0.1) is 11.8 Å². The molecular weight excluding hydrogens is 324 g/mol. The minimum Gasteiger partial charge on any atom is -0.478 e. The Morgan fingerprint density at radius 3 is 2.96 bits per heavy atom. The van der Waals surface area contributed by atoms with Gasteiger partial charge in [0.25, 0.3) is 0 Å². The molecule has 0 bridgehead atoms. The van der Waals surface area contributed by atoms with Gasteiger partial charge in [-0.2, -0.15) is 0 Å². The van der Waals surface area contributed by atoms with Gasteiger partial charge in [-0.25, -0.2) is 4.79 Å². The number of aromatic nitrogens is 1. The molecule has 26 heavy (non-hydrogen) atoms. The molecule has 0 saturated heterocycles. The van der Waals surface area contributed by atoms with Gasteiger partial charge in [0, 0.05) is 36.8 Å². The summed E-state index contributed by atoms with van der Waals surface area (Å²) < 4.78 is 2.07. The molecule has 0 saturated carbocycles. The van der Waals surface area contributed by atoms with Gasteiger partial charge < -0.3 is 9.67 Å². The van der Waals surface area contributed by atoms with Crippen molar-refractivity contribution in [1.29, 1.82) is 0 Å². The Kier molecular flexibility index (Phi) is 5.40. The fourth-order valence-corrected chi connectivity index (χ4v) is 3.63. The maximum absolute atomic E-state index is 11.5. The Bertz CT molecular complexity index is 902. The van der Waals surface area contributed by atoms with Gasteiger partial charge in [-0.15, -0.1) is 0 Å². The summed E-state index contributed by atoms with van der Waals surface area (Å²) in [6, 6.07) is 7.43. The zero-order chi connectivity index (χ0) is 18.7. The van der Waals surface area contributed by atoms with Gasteiger partial charge in [0.1, 0.15) is 0 Å². The average molecular weight is 350 g/mol. The van der Waals surface area contributed by atoms with Crippen LogP contribution in [0.5, 0.6) is 0 Å². The van der Waals surface area contributed by atoms with Crippen molar-refractivity contribution in [2.45, 2.75) is 33.7 Å². The average Bonchev–Trinajstić information content (AvgIpc) is 3.03. The lowest BCUT2D eigenvalue weighted by atomic mass is 9.90. The molecule has 136 valence electrons. The first-order valence-corrected chi connectivity index (χ1v) is 9.11. The van der Waals surface area contributed by atoms with Gasteiger partial charge in [-0.05, 0) is 44.4 Å². The van der Waals surface area contributed by atoms with E-state index in [-0.39, 0.29) is 0 Å². The van der Waals surface area contributed by atoms with Crippen LogP contribution in [0.4, 0.5) is 0 Å². The first kappa shape index (κ1) is 18.2. The molecule has 1 aliphatic rings. The number of carboxylic acid groups (broad SMARTS) is 1. The number of para-hydroxylation sites is 1. The van der Waals surface area contributed by atoms with Crippen LogP contribution in [0.3, 0.4) is 0 Å². The second-order valence-corrected chi connectivity index (χ2v) is 7.28. The Balaban J connectivity index is 1.73. The predicted molar refractivity (Wildman–Crippen MR) is 107 cm³/mol. The van der Waals surface area contributed by atoms with Crippen molar-refractivity contribution in [3.63, 3.8) is 0 Å². The topological polar surface area (TPSA) is 54.6 Å². The lowest BCUT2D eigenvalue weighted by Gasteiger charge is -2.20. The van der Waals surface area contributed by atoms with Crippen LogP contribution in [0.15, 0.2) is 58.8 Å². The number of rotatable bonds is 6. The maximum Gasteiger partial charge on any atom is 0.337 e. The van der Waals surface area contributed by atoms with Crippen molar-refractivity contribution < 1.29 is 9.90 Å². The lowest BCUT2D eigenvalue weighted by Crippen LogP contribution is -2.12. The van der Waals surface area contributed by atoms with Crippen LogP contribution in [0.2, 0.25) is 0 Å². The van der Waals surface area contributed by atoms with E-state index in [0.29, 0.717) is 17.4 Å². The number of allylic oxidation sites excluding steroid dienone is 2. The summed E-state index contributed by atoms with van der Waals surface area (Å²) in [6.45, 7) is 8.19. The maximum atomic E-state index is 11.5. The molecule has 0 spiro atoms. The first-order valence-electron chi connectivity index (χ1n) is 9.11. The SMILES string of the molecule is CC1=CC=NCC1C(C)=CCC(C)Cn1ccc2cccc(C(=O)O)c21. The number of hydrogen-bond donors (Lipinski definition) is 1. The van der Waals surface area contributed by atoms with Gasteiger partial charge in [-0.3, -0.25) is 4.99 Å². The normalized spacial score (nSPS) is 18.8. The van der Waals surface area contributed by atoms with Crippen molar-refractivity contribution in [2.75, 3.05) is 6.54 Å². The molecule has 2 aromatic rings. The van der Waals surface area contributed by atoms with E-state index in [0.717, 1.165) is 30.4 Å². The van der Waals surface area contributed by atoms with E-state index in [2.05, 4.69) is 42.5 Å². The Labute approximate surface area is 154 Å². The fourth-order valence-electron chi connectivity index (χ4n) is 3.63. The number of aromatic carboxylic acids is 1. The number of carbonyl (C=O) groups is 1. The molecule has 1 aromatic heterocycles. The number of hydrogen-bond acceptors (Lipinski definition) is 2. The summed E-state index contributed by atoms with van der Waals surface area (Å²) in [5.41, 5.74) is 3.91. The number of dihydropyridines is 1. The van der Waals surface area contributed by atoms with Crippen molar-refractivity contribution in [2.24, 2.45) is 16.8 Å². The van der Waals surface area contributed by atoms with E-state index in [1.165, 1.54) is 11.1 Å². The summed E-state index contributed by atoms with van der Waals surface area (Å²) in [5, 5.41) is 10.4. The molecule has 1 N–H and O–H groups in total. The highest BCUT2D eigenvalue weighted by molar-refractivity contribution is 6.02. The lowest BCUT2D eigenvalue weighted by molar-refractivity contribution is 0.0698. The molecule has 4 nitrogen and oxygen atoms in total. The molecule has 1 aliphatic heterocycles. The van der Waals surface area contributed by atoms with Crippen LogP contribution in [-0.2, 0) is 6.54 Å². The van der Waals surface area contributed by atoms with Gasteiger partial charge in [0.15, 0.2) is 0 Å². The molecule has 2 heterocycles. The molecule has 2 atom stereocenters. The Morgan fingerprint density at radius 2 is 2.23 bits per heavy atom. The van der Waals surface area contributed by atoms with Gasteiger partial charge in [-0.1, -0.05) is 36.3 Å². The highest BCUT2D eigenvalue weighted by Gasteiger charge is 2.16. The molecule has 2 unspecified atom stereocenters. The summed E-state index contributed by atoms with van der Waals surface area (Å²) in [5.74, 6) is -0.0453. The largest absolute Gasteiger partial charge is 0.478 e. The van der Waals surface area contributed by atoms with Gasteiger partial charge in [0.05, 0.1) is 11.1 Å². The third-order valence-electron chi connectivity index (χ3n) is 5.20. The van der Waals surface area contributed by atoms with Crippen LogP contribution >= 0.6 is 0 Å². The number of benzene rings is 1. The van der Waals surface area contributed by atoms with Crippen molar-refractivity contribution >= 4 is 23.1 Å². The van der Waals surface area contributed by atoms with E-state index < -0.39 is 5.97 Å². The number of fused-ring (bicyclic) bond motifs is 1. The quantitative estimate of drug-likeness (QED) is 0.749. The second kappa shape index (κ2) is 7.73. The van der Waals surface area contributed by atoms with Gasteiger partial charge >= 0.3 is 5.97 Å². The molecular formula is C22H26N2O2. The monoisotopic (exact) mass is 350 g/mol. The van der Waals surface area contributed by atoms with E-state index in [9.17, 15) is 9.90 Å². The third-order valence-corrected chi connectivity index (χ3v) is 5.20. The van der Waals surface area contributed by atoms with Crippen molar-refractivity contribution in [1.82, 2.24) is 4.57 Å². The minimum absolute atomic E-state index is 0.368. The molecule has 0 amide bonds. The smallest absolute Gasteiger partial charge is 0.337 e. The van der Waals surface area contributed by atoms with Crippen LogP contribution in [0.1, 0.15) is 37.6 Å². The zero-order valence-corrected chi connectivity index (χ0v) is 15.6. The van der Waals surface area contributed by atoms with Crippen LogP contribution in [-0.4, -0.2) is 28.4 Å². The minimum atomic E-state index is -0.876. The Morgan fingerprint density at radius 1 is 1.42 bits per heavy atom. The standard InChI is InChI=1S/C22H26N2O2/c1-15(7-8-16(2)20-13-23-11-9-17(20)3)14-24-12-10-18-5-4-6-19(21(18)24)22(25)26/h4-6,8-12,15,20H,7,13-14H2,1-3H3,(H,25,26). The summed E-state index contributed by atoms with van der Waals surface area (Å²) in [7, 11) is 0. The van der Waals surface area contributed by atoms with E-state index in [4.69, 9.17) is 0 Å².